The topological polar surface area (TPSA) is 97.1 Å². The van der Waals surface area contributed by atoms with Gasteiger partial charge in [0.05, 0.1) is 31.4 Å². The largest absolute Gasteiger partial charge is 0.394 e. The van der Waals surface area contributed by atoms with Gasteiger partial charge >= 0.3 is 0 Å². The molecule has 0 aromatic rings. The lowest BCUT2D eigenvalue weighted by atomic mass is 10.2. The second-order valence-corrected chi connectivity index (χ2v) is 3.41. The summed E-state index contributed by atoms with van der Waals surface area (Å²) >= 11 is 0. The molecule has 0 aromatic heterocycles. The van der Waals surface area contributed by atoms with Gasteiger partial charge in [-0.2, -0.15) is 0 Å². The summed E-state index contributed by atoms with van der Waals surface area (Å²) in [5, 5.41) is 32.9. The molecule has 3 unspecified atom stereocenters. The van der Waals surface area contributed by atoms with Crippen molar-refractivity contribution in [3.8, 4) is 0 Å². The normalized spacial score (nSPS) is 26.0. The Morgan fingerprint density at radius 2 is 2.43 bits per heavy atom. The van der Waals surface area contributed by atoms with Crippen molar-refractivity contribution in [3.63, 3.8) is 0 Å². The van der Waals surface area contributed by atoms with Gasteiger partial charge in [-0.1, -0.05) is 0 Å². The maximum absolute atomic E-state index is 9.26. The number of nitrogens with zero attached hydrogens (tertiary/aromatic N) is 1. The number of rotatable bonds is 3. The predicted molar refractivity (Wildman–Crippen MR) is 52.0 cm³/mol. The highest BCUT2D eigenvalue weighted by Gasteiger charge is 2.17. The first-order chi connectivity index (χ1) is 6.63. The summed E-state index contributed by atoms with van der Waals surface area (Å²) in [6, 6.07) is -0.276. The Bertz CT molecular complexity index is 210. The number of hydrogen-bond donors (Lipinski definition) is 5. The van der Waals surface area contributed by atoms with Gasteiger partial charge in [-0.3, -0.25) is 4.99 Å². The minimum Gasteiger partial charge on any atom is -0.394 e. The monoisotopic (exact) mass is 203 g/mol. The van der Waals surface area contributed by atoms with Crippen LogP contribution < -0.4 is 10.6 Å². The van der Waals surface area contributed by atoms with Crippen molar-refractivity contribution in [1.29, 1.82) is 0 Å². The number of aliphatic imine (C=N–C) groups is 1. The second kappa shape index (κ2) is 5.14. The minimum atomic E-state index is -0.814. The van der Waals surface area contributed by atoms with Crippen molar-refractivity contribution in [2.45, 2.75) is 25.2 Å². The molecule has 0 radical (unpaired) electrons. The SMILES string of the molecule is CC(NC1=NCC(O)CN1)C(O)CO. The Morgan fingerprint density at radius 3 is 2.93 bits per heavy atom. The van der Waals surface area contributed by atoms with E-state index >= 15 is 0 Å². The number of β-amino-alcohol motifs (C(OH)–C–C–N with tert-alkyl or cyclic N) is 1. The van der Waals surface area contributed by atoms with Crippen LogP contribution in [0.1, 0.15) is 6.92 Å². The molecule has 1 aliphatic heterocycles. The van der Waals surface area contributed by atoms with E-state index in [1.807, 2.05) is 0 Å². The predicted octanol–water partition coefficient (Wildman–Crippen LogP) is -2.36. The lowest BCUT2D eigenvalue weighted by Crippen LogP contribution is -2.52. The van der Waals surface area contributed by atoms with Crippen LogP contribution in [0.2, 0.25) is 0 Å². The van der Waals surface area contributed by atoms with Crippen molar-refractivity contribution in [1.82, 2.24) is 10.6 Å². The molecule has 0 aliphatic carbocycles. The Morgan fingerprint density at radius 1 is 1.71 bits per heavy atom. The van der Waals surface area contributed by atoms with E-state index in [1.54, 1.807) is 6.92 Å². The van der Waals surface area contributed by atoms with Crippen LogP contribution in [0.4, 0.5) is 0 Å². The molecule has 14 heavy (non-hydrogen) atoms. The van der Waals surface area contributed by atoms with E-state index in [0.29, 0.717) is 19.0 Å². The fraction of sp³-hybridized carbons (Fsp3) is 0.875. The Labute approximate surface area is 82.7 Å². The van der Waals surface area contributed by atoms with Crippen molar-refractivity contribution >= 4 is 5.96 Å². The van der Waals surface area contributed by atoms with Gasteiger partial charge in [-0.25, -0.2) is 0 Å². The van der Waals surface area contributed by atoms with Gasteiger partial charge in [-0.15, -0.1) is 0 Å². The summed E-state index contributed by atoms with van der Waals surface area (Å²) in [6.07, 6.45) is -1.26. The molecule has 0 saturated carbocycles. The zero-order valence-corrected chi connectivity index (χ0v) is 8.14. The maximum atomic E-state index is 9.26. The van der Waals surface area contributed by atoms with Crippen LogP contribution in [0.15, 0.2) is 4.99 Å². The van der Waals surface area contributed by atoms with Crippen LogP contribution in [-0.4, -0.2) is 59.2 Å². The van der Waals surface area contributed by atoms with Crippen LogP contribution in [0, 0.1) is 0 Å². The number of aliphatic hydroxyl groups is 3. The highest BCUT2D eigenvalue weighted by atomic mass is 16.3. The first-order valence-corrected chi connectivity index (χ1v) is 4.65. The Balaban J connectivity index is 2.37. The van der Waals surface area contributed by atoms with E-state index < -0.39 is 12.2 Å². The fourth-order valence-electron chi connectivity index (χ4n) is 1.10. The third kappa shape index (κ3) is 3.13. The Hall–Kier alpha value is -0.850. The van der Waals surface area contributed by atoms with E-state index in [0.717, 1.165) is 0 Å². The molecule has 1 heterocycles. The second-order valence-electron chi connectivity index (χ2n) is 3.41. The van der Waals surface area contributed by atoms with Crippen LogP contribution in [0.25, 0.3) is 0 Å². The molecule has 0 aromatic carbocycles. The van der Waals surface area contributed by atoms with E-state index in [1.165, 1.54) is 0 Å². The molecule has 0 amide bonds. The molecular formula is C8H17N3O3. The molecule has 1 aliphatic rings. The third-order valence-electron chi connectivity index (χ3n) is 2.09. The Kier molecular flexibility index (Phi) is 4.12. The average molecular weight is 203 g/mol. The summed E-state index contributed by atoms with van der Waals surface area (Å²) in [4.78, 5) is 4.02. The maximum Gasteiger partial charge on any atom is 0.191 e. The molecule has 0 spiro atoms. The summed E-state index contributed by atoms with van der Waals surface area (Å²) in [6.45, 7) is 2.27. The van der Waals surface area contributed by atoms with Crippen LogP contribution >= 0.6 is 0 Å². The molecule has 1 rings (SSSR count). The summed E-state index contributed by atoms with van der Waals surface area (Å²) < 4.78 is 0. The quantitative estimate of drug-likeness (QED) is 0.353. The number of guanidine groups is 1. The fourth-order valence-corrected chi connectivity index (χ4v) is 1.10. The number of nitrogens with one attached hydrogen (secondary N) is 2. The van der Waals surface area contributed by atoms with Gasteiger partial charge < -0.3 is 26.0 Å². The highest BCUT2D eigenvalue weighted by molar-refractivity contribution is 5.80. The van der Waals surface area contributed by atoms with Gasteiger partial charge in [-0.05, 0) is 6.92 Å². The lowest BCUT2D eigenvalue weighted by Gasteiger charge is -2.24. The zero-order chi connectivity index (χ0) is 10.6. The van der Waals surface area contributed by atoms with Crippen LogP contribution in [0.3, 0.4) is 0 Å². The molecule has 0 saturated heterocycles. The summed E-state index contributed by atoms with van der Waals surface area (Å²) in [5.41, 5.74) is 0. The zero-order valence-electron chi connectivity index (χ0n) is 8.14. The first-order valence-electron chi connectivity index (χ1n) is 4.65. The smallest absolute Gasteiger partial charge is 0.191 e. The highest BCUT2D eigenvalue weighted by Crippen LogP contribution is 1.94. The van der Waals surface area contributed by atoms with E-state index in [4.69, 9.17) is 10.2 Å². The van der Waals surface area contributed by atoms with Crippen molar-refractivity contribution in [2.24, 2.45) is 4.99 Å². The van der Waals surface area contributed by atoms with Gasteiger partial charge in [0.2, 0.25) is 0 Å². The van der Waals surface area contributed by atoms with E-state index in [-0.39, 0.29) is 12.6 Å². The molecule has 82 valence electrons. The summed E-state index contributed by atoms with van der Waals surface area (Å²) in [7, 11) is 0. The molecule has 3 atom stereocenters. The minimum absolute atomic E-state index is 0.276. The third-order valence-corrected chi connectivity index (χ3v) is 2.09. The molecular weight excluding hydrogens is 186 g/mol. The molecule has 6 heteroatoms. The molecule has 6 nitrogen and oxygen atoms in total. The average Bonchev–Trinajstić information content (AvgIpc) is 2.20. The van der Waals surface area contributed by atoms with Crippen molar-refractivity contribution < 1.29 is 15.3 Å². The van der Waals surface area contributed by atoms with Crippen LogP contribution in [-0.2, 0) is 0 Å². The van der Waals surface area contributed by atoms with Gasteiger partial charge in [0.25, 0.3) is 0 Å². The van der Waals surface area contributed by atoms with Crippen molar-refractivity contribution in [3.05, 3.63) is 0 Å². The van der Waals surface area contributed by atoms with Crippen LogP contribution in [0.5, 0.6) is 0 Å². The lowest BCUT2D eigenvalue weighted by molar-refractivity contribution is 0.0729. The number of hydrogen-bond acceptors (Lipinski definition) is 6. The standard InChI is InChI=1S/C8H17N3O3/c1-5(7(14)4-12)11-8-9-2-6(13)3-10-8/h5-7,12-14H,2-4H2,1H3,(H2,9,10,11). The number of aliphatic hydroxyl groups excluding tert-OH is 3. The molecule has 0 fully saturated rings. The van der Waals surface area contributed by atoms with E-state index in [2.05, 4.69) is 15.6 Å². The molecule has 0 bridgehead atoms. The van der Waals surface area contributed by atoms with Crippen molar-refractivity contribution in [2.75, 3.05) is 19.7 Å². The van der Waals surface area contributed by atoms with E-state index in [9.17, 15) is 5.11 Å². The van der Waals surface area contributed by atoms with Gasteiger partial charge in [0.1, 0.15) is 0 Å². The van der Waals surface area contributed by atoms with Gasteiger partial charge in [0.15, 0.2) is 5.96 Å². The first kappa shape index (κ1) is 11.2. The summed E-state index contributed by atoms with van der Waals surface area (Å²) in [5.74, 6) is 0.551. The molecule has 5 N–H and O–H groups in total. The van der Waals surface area contributed by atoms with Gasteiger partial charge in [0, 0.05) is 6.54 Å².